The molecule has 3 rings (SSSR count). The first-order valence-corrected chi connectivity index (χ1v) is 8.54. The lowest BCUT2D eigenvalue weighted by atomic mass is 9.72. The molecule has 0 aromatic carbocycles. The first-order valence-electron chi connectivity index (χ1n) is 8.54. The summed E-state index contributed by atoms with van der Waals surface area (Å²) in [5.41, 5.74) is -0.705. The Morgan fingerprint density at radius 3 is 2.75 bits per heavy atom. The zero-order valence-electron chi connectivity index (χ0n) is 13.8. The normalized spacial score (nSPS) is 32.4. The second-order valence-electron chi connectivity index (χ2n) is 7.26. The molecule has 9 heteroatoms. The molecule has 3 atom stereocenters. The van der Waals surface area contributed by atoms with Crippen LogP contribution in [0.4, 0.5) is 13.2 Å². The number of nitrogens with zero attached hydrogens (tertiary/aromatic N) is 5. The zero-order valence-corrected chi connectivity index (χ0v) is 13.8. The summed E-state index contributed by atoms with van der Waals surface area (Å²) in [4.78, 5) is 2.14. The minimum Gasteiger partial charge on any atom is -0.390 e. The quantitative estimate of drug-likeness (QED) is 0.904. The summed E-state index contributed by atoms with van der Waals surface area (Å²) in [6.45, 7) is 1.81. The van der Waals surface area contributed by atoms with Crippen molar-refractivity contribution in [2.45, 2.75) is 76.4 Å². The summed E-state index contributed by atoms with van der Waals surface area (Å²) in [6, 6.07) is 0.177. The Hall–Kier alpha value is -1.22. The van der Waals surface area contributed by atoms with Gasteiger partial charge in [0.25, 0.3) is 0 Å². The maximum Gasteiger partial charge on any atom is 0.408 e. The molecule has 1 N–H and O–H groups in total. The molecule has 1 aliphatic heterocycles. The monoisotopic (exact) mass is 347 g/mol. The molecule has 1 saturated heterocycles. The first-order chi connectivity index (χ1) is 11.3. The Morgan fingerprint density at radius 2 is 2.04 bits per heavy atom. The standard InChI is InChI=1S/C15H24F3N5O/c1-14(24)7-3-2-5-11(14)12-6-4-8-22(12)9-13-19-20-21-23(13)10-15(16,17)18/h11-12,24H,2-10H2,1H3. The van der Waals surface area contributed by atoms with Gasteiger partial charge in [-0.1, -0.05) is 12.8 Å². The number of halogens is 3. The number of aromatic nitrogens is 4. The lowest BCUT2D eigenvalue weighted by Crippen LogP contribution is -2.49. The predicted octanol–water partition coefficient (Wildman–Crippen LogP) is 2.14. The molecule has 24 heavy (non-hydrogen) atoms. The van der Waals surface area contributed by atoms with E-state index in [0.29, 0.717) is 6.54 Å². The van der Waals surface area contributed by atoms with Crippen molar-refractivity contribution in [1.29, 1.82) is 0 Å². The summed E-state index contributed by atoms with van der Waals surface area (Å²) in [5, 5.41) is 21.4. The predicted molar refractivity (Wildman–Crippen MR) is 79.9 cm³/mol. The van der Waals surface area contributed by atoms with Crippen LogP contribution in [0.5, 0.6) is 0 Å². The third-order valence-corrected chi connectivity index (χ3v) is 5.41. The Kier molecular flexibility index (Phi) is 4.83. The van der Waals surface area contributed by atoms with Crippen LogP contribution in [0.2, 0.25) is 0 Å². The number of rotatable bonds is 4. The molecule has 1 saturated carbocycles. The van der Waals surface area contributed by atoms with Gasteiger partial charge < -0.3 is 5.11 Å². The summed E-state index contributed by atoms with van der Waals surface area (Å²) in [7, 11) is 0. The van der Waals surface area contributed by atoms with E-state index in [9.17, 15) is 18.3 Å². The summed E-state index contributed by atoms with van der Waals surface area (Å²) >= 11 is 0. The highest BCUT2D eigenvalue weighted by atomic mass is 19.4. The molecule has 0 amide bonds. The molecule has 2 aliphatic rings. The molecule has 6 nitrogen and oxygen atoms in total. The average Bonchev–Trinajstić information content (AvgIpc) is 3.08. The van der Waals surface area contributed by atoms with Crippen molar-refractivity contribution >= 4 is 0 Å². The van der Waals surface area contributed by atoms with E-state index in [1.165, 1.54) is 0 Å². The number of tetrazole rings is 1. The largest absolute Gasteiger partial charge is 0.408 e. The maximum atomic E-state index is 12.6. The summed E-state index contributed by atoms with van der Waals surface area (Å²) in [6.07, 6.45) is 1.47. The molecule has 0 radical (unpaired) electrons. The molecule has 136 valence electrons. The molecule has 1 aromatic heterocycles. The van der Waals surface area contributed by atoms with Crippen molar-refractivity contribution < 1.29 is 18.3 Å². The molecular weight excluding hydrogens is 323 g/mol. The Morgan fingerprint density at radius 1 is 1.25 bits per heavy atom. The van der Waals surface area contributed by atoms with Crippen LogP contribution in [-0.2, 0) is 13.1 Å². The smallest absolute Gasteiger partial charge is 0.390 e. The molecule has 1 aliphatic carbocycles. The summed E-state index contributed by atoms with van der Waals surface area (Å²) < 4.78 is 38.7. The number of hydrogen-bond acceptors (Lipinski definition) is 5. The lowest BCUT2D eigenvalue weighted by molar-refractivity contribution is -0.143. The molecule has 1 aromatic rings. The third kappa shape index (κ3) is 3.88. The van der Waals surface area contributed by atoms with Crippen LogP contribution >= 0.6 is 0 Å². The van der Waals surface area contributed by atoms with E-state index in [4.69, 9.17) is 0 Å². The molecule has 3 unspecified atom stereocenters. The van der Waals surface area contributed by atoms with Crippen molar-refractivity contribution in [1.82, 2.24) is 25.1 Å². The van der Waals surface area contributed by atoms with Crippen LogP contribution < -0.4 is 0 Å². The van der Waals surface area contributed by atoms with Gasteiger partial charge in [-0.15, -0.1) is 5.10 Å². The zero-order chi connectivity index (χ0) is 17.4. The van der Waals surface area contributed by atoms with Gasteiger partial charge >= 0.3 is 6.18 Å². The van der Waals surface area contributed by atoms with Crippen molar-refractivity contribution in [2.24, 2.45) is 5.92 Å². The van der Waals surface area contributed by atoms with Gasteiger partial charge in [-0.2, -0.15) is 13.2 Å². The number of likely N-dealkylation sites (tertiary alicyclic amines) is 1. The van der Waals surface area contributed by atoms with Gasteiger partial charge in [0.15, 0.2) is 5.82 Å². The average molecular weight is 347 g/mol. The van der Waals surface area contributed by atoms with Crippen LogP contribution in [0.15, 0.2) is 0 Å². The minimum absolute atomic E-state index is 0.153. The highest BCUT2D eigenvalue weighted by Crippen LogP contribution is 2.41. The highest BCUT2D eigenvalue weighted by Gasteiger charge is 2.43. The van der Waals surface area contributed by atoms with E-state index >= 15 is 0 Å². The van der Waals surface area contributed by atoms with Crippen molar-refractivity contribution in [3.63, 3.8) is 0 Å². The van der Waals surface area contributed by atoms with Gasteiger partial charge in [-0.3, -0.25) is 4.90 Å². The first kappa shape index (κ1) is 17.6. The van der Waals surface area contributed by atoms with Crippen molar-refractivity contribution in [3.05, 3.63) is 5.82 Å². The second-order valence-corrected chi connectivity index (χ2v) is 7.26. The van der Waals surface area contributed by atoms with Crippen molar-refractivity contribution in [3.8, 4) is 0 Å². The van der Waals surface area contributed by atoms with Crippen LogP contribution in [-0.4, -0.2) is 54.6 Å². The summed E-state index contributed by atoms with van der Waals surface area (Å²) in [5.74, 6) is 0.385. The SMILES string of the molecule is CC1(O)CCCCC1C1CCCN1Cc1nnnn1CC(F)(F)F. The molecule has 2 heterocycles. The minimum atomic E-state index is -4.35. The molecular formula is C15H24F3N5O. The Balaban J connectivity index is 1.72. The van der Waals surface area contributed by atoms with E-state index in [-0.39, 0.29) is 17.8 Å². The van der Waals surface area contributed by atoms with Crippen LogP contribution in [0, 0.1) is 5.92 Å². The van der Waals surface area contributed by atoms with Gasteiger partial charge in [-0.05, 0) is 49.6 Å². The van der Waals surface area contributed by atoms with E-state index in [2.05, 4.69) is 20.4 Å². The van der Waals surface area contributed by atoms with Crippen LogP contribution in [0.3, 0.4) is 0 Å². The fraction of sp³-hybridized carbons (Fsp3) is 0.933. The van der Waals surface area contributed by atoms with Gasteiger partial charge in [0.05, 0.1) is 12.1 Å². The van der Waals surface area contributed by atoms with Crippen molar-refractivity contribution in [2.75, 3.05) is 6.54 Å². The lowest BCUT2D eigenvalue weighted by Gasteiger charge is -2.43. The van der Waals surface area contributed by atoms with E-state index < -0.39 is 18.3 Å². The molecule has 0 bridgehead atoms. The molecule has 0 spiro atoms. The maximum absolute atomic E-state index is 12.6. The number of hydrogen-bond donors (Lipinski definition) is 1. The van der Waals surface area contributed by atoms with E-state index in [1.807, 2.05) is 6.92 Å². The van der Waals surface area contributed by atoms with Gasteiger partial charge in [0.2, 0.25) is 0 Å². The number of alkyl halides is 3. The van der Waals surface area contributed by atoms with Gasteiger partial charge in [0, 0.05) is 12.0 Å². The van der Waals surface area contributed by atoms with E-state index in [0.717, 1.165) is 49.8 Å². The third-order valence-electron chi connectivity index (χ3n) is 5.41. The highest BCUT2D eigenvalue weighted by molar-refractivity contribution is 4.98. The van der Waals surface area contributed by atoms with Crippen LogP contribution in [0.1, 0.15) is 51.3 Å². The van der Waals surface area contributed by atoms with Gasteiger partial charge in [-0.25, -0.2) is 4.68 Å². The second kappa shape index (κ2) is 6.59. The molecule has 2 fully saturated rings. The van der Waals surface area contributed by atoms with Crippen LogP contribution in [0.25, 0.3) is 0 Å². The Labute approximate surface area is 139 Å². The van der Waals surface area contributed by atoms with E-state index in [1.54, 1.807) is 0 Å². The van der Waals surface area contributed by atoms with Gasteiger partial charge in [0.1, 0.15) is 6.54 Å². The fourth-order valence-electron chi connectivity index (χ4n) is 4.26. The number of aliphatic hydroxyl groups is 1. The topological polar surface area (TPSA) is 67.1 Å². The fourth-order valence-corrected chi connectivity index (χ4v) is 4.26. The Bertz CT molecular complexity index is 560.